The van der Waals surface area contributed by atoms with Crippen molar-refractivity contribution in [2.75, 3.05) is 56.6 Å². The molecule has 0 unspecified atom stereocenters. The third kappa shape index (κ3) is 5.73. The number of methoxy groups -OCH3 is 1. The molecule has 160 valence electrons. The summed E-state index contributed by atoms with van der Waals surface area (Å²) in [6.07, 6.45) is 0.837. The first-order valence-electron chi connectivity index (χ1n) is 10.4. The third-order valence-corrected chi connectivity index (χ3v) is 5.28. The van der Waals surface area contributed by atoms with E-state index in [9.17, 15) is 9.59 Å². The molecular formula is C23H30N4O3. The fourth-order valence-electron chi connectivity index (χ4n) is 3.62. The molecule has 30 heavy (non-hydrogen) atoms. The lowest BCUT2D eigenvalue weighted by molar-refractivity contribution is -0.125. The molecule has 0 aliphatic carbocycles. The maximum atomic E-state index is 12.3. The molecule has 2 N–H and O–H groups in total. The average Bonchev–Trinajstić information content (AvgIpc) is 2.78. The zero-order chi connectivity index (χ0) is 21.3. The Labute approximate surface area is 178 Å². The number of amides is 2. The van der Waals surface area contributed by atoms with Crippen LogP contribution in [0, 0.1) is 0 Å². The van der Waals surface area contributed by atoms with Crippen LogP contribution in [0.1, 0.15) is 12.5 Å². The number of aryl methyl sites for hydroxylation is 1. The van der Waals surface area contributed by atoms with E-state index in [4.69, 9.17) is 4.74 Å². The van der Waals surface area contributed by atoms with E-state index in [1.807, 2.05) is 49.4 Å². The standard InChI is InChI=1S/C23H30N4O3/c1-3-18-8-4-5-9-19(18)25-22(28)16-24-23(29)17-26-12-14-27(15-13-26)20-10-6-7-11-21(20)30-2/h4-11H,3,12-17H2,1-2H3,(H,24,29)(H,25,28). The Kier molecular flexibility index (Phi) is 7.68. The Morgan fingerprint density at radius 2 is 1.67 bits per heavy atom. The van der Waals surface area contributed by atoms with Crippen LogP contribution in [-0.2, 0) is 16.0 Å². The fourth-order valence-corrected chi connectivity index (χ4v) is 3.62. The van der Waals surface area contributed by atoms with Gasteiger partial charge in [-0.15, -0.1) is 0 Å². The van der Waals surface area contributed by atoms with E-state index in [1.54, 1.807) is 7.11 Å². The first kappa shape index (κ1) is 21.6. The van der Waals surface area contributed by atoms with Crippen molar-refractivity contribution in [1.82, 2.24) is 10.2 Å². The number of ether oxygens (including phenoxy) is 1. The van der Waals surface area contributed by atoms with Gasteiger partial charge in [0, 0.05) is 31.9 Å². The number of piperazine rings is 1. The van der Waals surface area contributed by atoms with Crippen LogP contribution in [0.5, 0.6) is 5.75 Å². The van der Waals surface area contributed by atoms with E-state index in [1.165, 1.54) is 0 Å². The van der Waals surface area contributed by atoms with Gasteiger partial charge in [0.1, 0.15) is 5.75 Å². The van der Waals surface area contributed by atoms with Crippen LogP contribution in [0.2, 0.25) is 0 Å². The monoisotopic (exact) mass is 410 g/mol. The van der Waals surface area contributed by atoms with Crippen molar-refractivity contribution in [2.24, 2.45) is 0 Å². The van der Waals surface area contributed by atoms with Crippen molar-refractivity contribution in [1.29, 1.82) is 0 Å². The number of rotatable bonds is 8. The maximum absolute atomic E-state index is 12.3. The summed E-state index contributed by atoms with van der Waals surface area (Å²) in [5.41, 5.74) is 2.95. The van der Waals surface area contributed by atoms with Gasteiger partial charge in [0.05, 0.1) is 25.9 Å². The van der Waals surface area contributed by atoms with Gasteiger partial charge in [0.25, 0.3) is 0 Å². The smallest absolute Gasteiger partial charge is 0.243 e. The molecule has 1 fully saturated rings. The first-order valence-corrected chi connectivity index (χ1v) is 10.4. The van der Waals surface area contributed by atoms with Gasteiger partial charge < -0.3 is 20.3 Å². The molecule has 7 heteroatoms. The Balaban J connectivity index is 1.41. The molecule has 0 aromatic heterocycles. The number of anilines is 2. The highest BCUT2D eigenvalue weighted by Gasteiger charge is 2.21. The van der Waals surface area contributed by atoms with E-state index in [-0.39, 0.29) is 18.4 Å². The van der Waals surface area contributed by atoms with Gasteiger partial charge in [-0.3, -0.25) is 14.5 Å². The van der Waals surface area contributed by atoms with Crippen LogP contribution in [0.15, 0.2) is 48.5 Å². The van der Waals surface area contributed by atoms with Crippen molar-refractivity contribution in [3.05, 3.63) is 54.1 Å². The predicted molar refractivity (Wildman–Crippen MR) is 119 cm³/mol. The summed E-state index contributed by atoms with van der Waals surface area (Å²) in [5.74, 6) is 0.504. The van der Waals surface area contributed by atoms with Gasteiger partial charge in [-0.05, 0) is 30.2 Å². The summed E-state index contributed by atoms with van der Waals surface area (Å²) in [5, 5.41) is 5.59. The van der Waals surface area contributed by atoms with Gasteiger partial charge in [-0.1, -0.05) is 37.3 Å². The van der Waals surface area contributed by atoms with Crippen LogP contribution in [0.25, 0.3) is 0 Å². The van der Waals surface area contributed by atoms with Crippen molar-refractivity contribution in [2.45, 2.75) is 13.3 Å². The topological polar surface area (TPSA) is 73.9 Å². The van der Waals surface area contributed by atoms with Gasteiger partial charge >= 0.3 is 0 Å². The summed E-state index contributed by atoms with van der Waals surface area (Å²) in [6, 6.07) is 15.7. The number of nitrogens with zero attached hydrogens (tertiary/aromatic N) is 2. The Morgan fingerprint density at radius 3 is 2.40 bits per heavy atom. The SMILES string of the molecule is CCc1ccccc1NC(=O)CNC(=O)CN1CCN(c2ccccc2OC)CC1. The highest BCUT2D eigenvalue weighted by atomic mass is 16.5. The van der Waals surface area contributed by atoms with Crippen molar-refractivity contribution in [3.63, 3.8) is 0 Å². The molecule has 1 saturated heterocycles. The zero-order valence-electron chi connectivity index (χ0n) is 17.7. The third-order valence-electron chi connectivity index (χ3n) is 5.28. The molecule has 1 heterocycles. The molecule has 7 nitrogen and oxygen atoms in total. The zero-order valence-corrected chi connectivity index (χ0v) is 17.7. The number of benzene rings is 2. The summed E-state index contributed by atoms with van der Waals surface area (Å²) >= 11 is 0. The minimum Gasteiger partial charge on any atom is -0.495 e. The van der Waals surface area contributed by atoms with Crippen LogP contribution in [0.4, 0.5) is 11.4 Å². The highest BCUT2D eigenvalue weighted by molar-refractivity contribution is 5.95. The average molecular weight is 411 g/mol. The largest absolute Gasteiger partial charge is 0.495 e. The minimum absolute atomic E-state index is 0.0297. The highest BCUT2D eigenvalue weighted by Crippen LogP contribution is 2.28. The Bertz CT molecular complexity index is 863. The van der Waals surface area contributed by atoms with Crippen molar-refractivity contribution in [3.8, 4) is 5.75 Å². The number of nitrogens with one attached hydrogen (secondary N) is 2. The van der Waals surface area contributed by atoms with Crippen LogP contribution in [-0.4, -0.2) is 63.1 Å². The number of para-hydroxylation sites is 3. The van der Waals surface area contributed by atoms with E-state index < -0.39 is 0 Å². The van der Waals surface area contributed by atoms with E-state index in [0.29, 0.717) is 6.54 Å². The number of carbonyl (C=O) groups excluding carboxylic acids is 2. The Hall–Kier alpha value is -3.06. The number of hydrogen-bond donors (Lipinski definition) is 2. The van der Waals surface area contributed by atoms with E-state index >= 15 is 0 Å². The normalized spacial score (nSPS) is 14.3. The predicted octanol–water partition coefficient (Wildman–Crippen LogP) is 2.13. The molecule has 0 bridgehead atoms. The molecule has 2 amide bonds. The maximum Gasteiger partial charge on any atom is 0.243 e. The Morgan fingerprint density at radius 1 is 0.967 bits per heavy atom. The number of hydrogen-bond acceptors (Lipinski definition) is 5. The summed E-state index contributed by atoms with van der Waals surface area (Å²) < 4.78 is 5.44. The molecule has 0 radical (unpaired) electrons. The second-order valence-electron chi connectivity index (χ2n) is 7.27. The molecule has 3 rings (SSSR count). The van der Waals surface area contributed by atoms with Gasteiger partial charge in [0.2, 0.25) is 11.8 Å². The quantitative estimate of drug-likeness (QED) is 0.698. The molecule has 0 spiro atoms. The fraction of sp³-hybridized carbons (Fsp3) is 0.391. The molecular weight excluding hydrogens is 380 g/mol. The first-order chi connectivity index (χ1) is 14.6. The lowest BCUT2D eigenvalue weighted by Gasteiger charge is -2.36. The summed E-state index contributed by atoms with van der Waals surface area (Å²) in [4.78, 5) is 28.8. The lowest BCUT2D eigenvalue weighted by Crippen LogP contribution is -2.50. The molecule has 2 aromatic carbocycles. The van der Waals surface area contributed by atoms with Crippen LogP contribution < -0.4 is 20.3 Å². The second kappa shape index (κ2) is 10.6. The second-order valence-corrected chi connectivity index (χ2v) is 7.27. The molecule has 2 aromatic rings. The van der Waals surface area contributed by atoms with Crippen LogP contribution in [0.3, 0.4) is 0 Å². The number of carbonyl (C=O) groups is 2. The van der Waals surface area contributed by atoms with Crippen molar-refractivity contribution < 1.29 is 14.3 Å². The molecule has 0 atom stereocenters. The van der Waals surface area contributed by atoms with Gasteiger partial charge in [-0.2, -0.15) is 0 Å². The molecule has 0 saturated carbocycles. The van der Waals surface area contributed by atoms with Gasteiger partial charge in [-0.25, -0.2) is 0 Å². The molecule has 1 aliphatic rings. The molecule has 1 aliphatic heterocycles. The lowest BCUT2D eigenvalue weighted by atomic mass is 10.1. The van der Waals surface area contributed by atoms with Crippen molar-refractivity contribution >= 4 is 23.2 Å². The minimum atomic E-state index is -0.217. The van der Waals surface area contributed by atoms with Crippen LogP contribution >= 0.6 is 0 Å². The van der Waals surface area contributed by atoms with E-state index in [2.05, 4.69) is 26.5 Å². The summed E-state index contributed by atoms with van der Waals surface area (Å²) in [6.45, 7) is 5.50. The summed E-state index contributed by atoms with van der Waals surface area (Å²) in [7, 11) is 1.68. The van der Waals surface area contributed by atoms with E-state index in [0.717, 1.165) is 55.3 Å². The van der Waals surface area contributed by atoms with Gasteiger partial charge in [0.15, 0.2) is 0 Å².